The number of nitrogens with one attached hydrogen (secondary N) is 2. The molecule has 0 fully saturated rings. The third-order valence-corrected chi connectivity index (χ3v) is 4.64. The standard InChI is InChI=1S/C21H16F3N3O3/c22-21(23,24)14-2-1-3-15(10-14)26-16-8-9-17(28)18(16)19(27-20(29)30)13-6-4-12(11-25)5-7-13/h1-7,10,19,26-27H,8-9H2,(H,29,30). The summed E-state index contributed by atoms with van der Waals surface area (Å²) >= 11 is 0. The van der Waals surface area contributed by atoms with Gasteiger partial charge in [0.05, 0.1) is 23.2 Å². The van der Waals surface area contributed by atoms with E-state index in [1.165, 1.54) is 36.4 Å². The van der Waals surface area contributed by atoms with E-state index in [1.807, 2.05) is 6.07 Å². The third kappa shape index (κ3) is 4.60. The van der Waals surface area contributed by atoms with Gasteiger partial charge in [-0.25, -0.2) is 4.79 Å². The quantitative estimate of drug-likeness (QED) is 0.662. The monoisotopic (exact) mass is 415 g/mol. The number of carbonyl (C=O) groups excluding carboxylic acids is 1. The van der Waals surface area contributed by atoms with Crippen LogP contribution in [0.2, 0.25) is 0 Å². The fourth-order valence-corrected chi connectivity index (χ4v) is 3.28. The second kappa shape index (κ2) is 8.29. The molecule has 0 spiro atoms. The molecule has 0 heterocycles. The number of carboxylic acid groups (broad SMARTS) is 1. The summed E-state index contributed by atoms with van der Waals surface area (Å²) in [6, 6.07) is 11.5. The molecular weight excluding hydrogens is 399 g/mol. The average Bonchev–Trinajstić information content (AvgIpc) is 3.05. The Bertz CT molecular complexity index is 1050. The van der Waals surface area contributed by atoms with Gasteiger partial charge < -0.3 is 15.7 Å². The van der Waals surface area contributed by atoms with E-state index in [9.17, 15) is 27.9 Å². The van der Waals surface area contributed by atoms with Crippen LogP contribution in [0.5, 0.6) is 0 Å². The number of alkyl halides is 3. The number of anilines is 1. The number of benzene rings is 2. The number of carbonyl (C=O) groups is 2. The highest BCUT2D eigenvalue weighted by Crippen LogP contribution is 2.35. The average molecular weight is 415 g/mol. The molecular formula is C21H16F3N3O3. The number of nitrogens with zero attached hydrogens (tertiary/aromatic N) is 1. The molecule has 154 valence electrons. The van der Waals surface area contributed by atoms with Gasteiger partial charge in [0, 0.05) is 23.4 Å². The molecule has 6 nitrogen and oxygen atoms in total. The van der Waals surface area contributed by atoms with Crippen molar-refractivity contribution in [2.45, 2.75) is 25.1 Å². The second-order valence-electron chi connectivity index (χ2n) is 6.64. The molecule has 0 bridgehead atoms. The maximum Gasteiger partial charge on any atom is 0.416 e. The van der Waals surface area contributed by atoms with Gasteiger partial charge in [-0.05, 0) is 42.3 Å². The van der Waals surface area contributed by atoms with E-state index in [2.05, 4.69) is 10.6 Å². The molecule has 3 rings (SSSR count). The first kappa shape index (κ1) is 20.9. The Kier molecular flexibility index (Phi) is 5.78. The van der Waals surface area contributed by atoms with Crippen LogP contribution in [0.1, 0.15) is 35.6 Å². The van der Waals surface area contributed by atoms with E-state index in [4.69, 9.17) is 5.26 Å². The highest BCUT2D eigenvalue weighted by molar-refractivity contribution is 6.01. The lowest BCUT2D eigenvalue weighted by atomic mass is 9.95. The number of hydrogen-bond acceptors (Lipinski definition) is 4. The molecule has 0 aliphatic heterocycles. The van der Waals surface area contributed by atoms with Gasteiger partial charge in [-0.15, -0.1) is 0 Å². The van der Waals surface area contributed by atoms with Gasteiger partial charge in [0.2, 0.25) is 0 Å². The fraction of sp³-hybridized carbons (Fsp3) is 0.190. The van der Waals surface area contributed by atoms with Crippen molar-refractivity contribution in [3.8, 4) is 6.07 Å². The van der Waals surface area contributed by atoms with Crippen LogP contribution < -0.4 is 10.6 Å². The highest BCUT2D eigenvalue weighted by atomic mass is 19.4. The molecule has 0 saturated heterocycles. The van der Waals surface area contributed by atoms with Crippen LogP contribution in [0.15, 0.2) is 59.8 Å². The first-order valence-electron chi connectivity index (χ1n) is 8.89. The molecule has 0 saturated carbocycles. The van der Waals surface area contributed by atoms with Gasteiger partial charge in [-0.2, -0.15) is 18.4 Å². The van der Waals surface area contributed by atoms with Crippen molar-refractivity contribution in [3.05, 3.63) is 76.5 Å². The van der Waals surface area contributed by atoms with Crippen LogP contribution in [-0.4, -0.2) is 17.0 Å². The van der Waals surface area contributed by atoms with Crippen LogP contribution in [0, 0.1) is 11.3 Å². The maximum atomic E-state index is 13.0. The van der Waals surface area contributed by atoms with E-state index < -0.39 is 23.9 Å². The molecule has 9 heteroatoms. The Morgan fingerprint density at radius 3 is 2.43 bits per heavy atom. The third-order valence-electron chi connectivity index (χ3n) is 4.64. The Hall–Kier alpha value is -3.80. The van der Waals surface area contributed by atoms with Gasteiger partial charge in [0.1, 0.15) is 0 Å². The molecule has 30 heavy (non-hydrogen) atoms. The maximum absolute atomic E-state index is 13.0. The topological polar surface area (TPSA) is 102 Å². The first-order chi connectivity index (χ1) is 14.2. The lowest BCUT2D eigenvalue weighted by molar-refractivity contribution is -0.137. The van der Waals surface area contributed by atoms with Crippen molar-refractivity contribution in [1.82, 2.24) is 5.32 Å². The lowest BCUT2D eigenvalue weighted by Crippen LogP contribution is -2.30. The summed E-state index contributed by atoms with van der Waals surface area (Å²) in [6.45, 7) is 0. The Morgan fingerprint density at radius 1 is 1.13 bits per heavy atom. The molecule has 1 atom stereocenters. The minimum absolute atomic E-state index is 0.102. The van der Waals surface area contributed by atoms with E-state index in [-0.39, 0.29) is 29.9 Å². The molecule has 1 unspecified atom stereocenters. The molecule has 2 aromatic rings. The molecule has 0 radical (unpaired) electrons. The van der Waals surface area contributed by atoms with Crippen LogP contribution in [0.25, 0.3) is 0 Å². The number of ketones is 1. The summed E-state index contributed by atoms with van der Waals surface area (Å²) in [4.78, 5) is 23.9. The van der Waals surface area contributed by atoms with Gasteiger partial charge in [0.15, 0.2) is 5.78 Å². The Morgan fingerprint density at radius 2 is 1.83 bits per heavy atom. The van der Waals surface area contributed by atoms with E-state index in [1.54, 1.807) is 0 Å². The van der Waals surface area contributed by atoms with Crippen LogP contribution in [0.4, 0.5) is 23.7 Å². The summed E-state index contributed by atoms with van der Waals surface area (Å²) in [7, 11) is 0. The van der Waals surface area contributed by atoms with Gasteiger partial charge in [0.25, 0.3) is 0 Å². The summed E-state index contributed by atoms with van der Waals surface area (Å²) in [5.41, 5.74) is 0.584. The minimum Gasteiger partial charge on any atom is -0.465 e. The van der Waals surface area contributed by atoms with E-state index in [0.29, 0.717) is 16.8 Å². The Labute approximate surface area is 169 Å². The van der Waals surface area contributed by atoms with Crippen LogP contribution >= 0.6 is 0 Å². The highest BCUT2D eigenvalue weighted by Gasteiger charge is 2.33. The first-order valence-corrected chi connectivity index (χ1v) is 8.89. The zero-order chi connectivity index (χ0) is 21.9. The smallest absolute Gasteiger partial charge is 0.416 e. The van der Waals surface area contributed by atoms with Crippen molar-refractivity contribution in [1.29, 1.82) is 5.26 Å². The van der Waals surface area contributed by atoms with Gasteiger partial charge >= 0.3 is 12.3 Å². The van der Waals surface area contributed by atoms with Gasteiger partial charge in [-0.1, -0.05) is 18.2 Å². The largest absolute Gasteiger partial charge is 0.465 e. The number of hydrogen-bond donors (Lipinski definition) is 3. The van der Waals surface area contributed by atoms with Crippen molar-refractivity contribution in [2.75, 3.05) is 5.32 Å². The van der Waals surface area contributed by atoms with Crippen molar-refractivity contribution < 1.29 is 27.9 Å². The van der Waals surface area contributed by atoms with Crippen molar-refractivity contribution in [2.24, 2.45) is 0 Å². The van der Waals surface area contributed by atoms with Crippen LogP contribution in [-0.2, 0) is 11.0 Å². The molecule has 1 aliphatic rings. The number of allylic oxidation sites excluding steroid dienone is 1. The number of Topliss-reactive ketones (excluding diaryl/α,β-unsaturated/α-hetero) is 1. The van der Waals surface area contributed by atoms with Gasteiger partial charge in [-0.3, -0.25) is 4.79 Å². The minimum atomic E-state index is -4.52. The molecule has 1 aliphatic carbocycles. The Balaban J connectivity index is 2.01. The summed E-state index contributed by atoms with van der Waals surface area (Å²) in [6.07, 6.45) is -5.55. The zero-order valence-corrected chi connectivity index (χ0v) is 15.5. The number of rotatable bonds is 5. The molecule has 3 N–H and O–H groups in total. The SMILES string of the molecule is N#Cc1ccc(C(NC(=O)O)C2=C(Nc3cccc(C(F)(F)F)c3)CCC2=O)cc1. The summed E-state index contributed by atoms with van der Waals surface area (Å²) < 4.78 is 38.9. The van der Waals surface area contributed by atoms with E-state index >= 15 is 0 Å². The number of halogens is 3. The number of nitriles is 1. The second-order valence-corrected chi connectivity index (χ2v) is 6.64. The summed E-state index contributed by atoms with van der Waals surface area (Å²) in [5.74, 6) is -0.312. The fourth-order valence-electron chi connectivity index (χ4n) is 3.28. The molecule has 1 amide bonds. The lowest BCUT2D eigenvalue weighted by Gasteiger charge is -2.21. The summed E-state index contributed by atoms with van der Waals surface area (Å²) in [5, 5.41) is 23.3. The molecule has 0 aromatic heterocycles. The van der Waals surface area contributed by atoms with Crippen molar-refractivity contribution in [3.63, 3.8) is 0 Å². The molecule has 2 aromatic carbocycles. The van der Waals surface area contributed by atoms with Crippen molar-refractivity contribution >= 4 is 17.6 Å². The predicted octanol–water partition coefficient (Wildman–Crippen LogP) is 4.61. The van der Waals surface area contributed by atoms with E-state index in [0.717, 1.165) is 12.1 Å². The number of amides is 1. The predicted molar refractivity (Wildman–Crippen MR) is 101 cm³/mol. The zero-order valence-electron chi connectivity index (χ0n) is 15.5. The normalized spacial score (nSPS) is 14.9. The van der Waals surface area contributed by atoms with Crippen LogP contribution in [0.3, 0.4) is 0 Å².